The molecule has 4 aromatic rings. The summed E-state index contributed by atoms with van der Waals surface area (Å²) in [6.07, 6.45) is 3.91. The molecule has 8 heteroatoms. The highest BCUT2D eigenvalue weighted by atomic mass is 32.1. The van der Waals surface area contributed by atoms with Crippen LogP contribution >= 0.6 is 11.3 Å². The maximum atomic E-state index is 11.4. The first-order valence-corrected chi connectivity index (χ1v) is 11.4. The number of pyridine rings is 1. The molecule has 2 aliphatic rings. The third-order valence-electron chi connectivity index (χ3n) is 6.29. The zero-order chi connectivity index (χ0) is 20.9. The Morgan fingerprint density at radius 1 is 1.32 bits per heavy atom. The number of thiazole rings is 1. The molecule has 1 amide bonds. The van der Waals surface area contributed by atoms with Gasteiger partial charge < -0.3 is 14.5 Å². The zero-order valence-corrected chi connectivity index (χ0v) is 17.9. The lowest BCUT2D eigenvalue weighted by atomic mass is 10.0. The minimum absolute atomic E-state index is 0.0708. The smallest absolute Gasteiger partial charge is 0.281 e. The summed E-state index contributed by atoms with van der Waals surface area (Å²) < 4.78 is 13.1. The number of benzene rings is 1. The minimum Gasteiger partial charge on any atom is -0.460 e. The van der Waals surface area contributed by atoms with Crippen molar-refractivity contribution in [3.63, 3.8) is 0 Å². The normalized spacial score (nSPS) is 23.1. The first kappa shape index (κ1) is 18.8. The molecule has 1 saturated carbocycles. The second-order valence-corrected chi connectivity index (χ2v) is 9.43. The minimum atomic E-state index is 0.0708. The standard InChI is InChI=1S/C23H22N4O3S/c1-13(28)25-19-10-16-7-15(19)11-27(16)12-18-9-14-8-17(4-5-20(14)29-18)30-23-26-22-21(31-23)3-2-6-24-22/h2-6,8-9,15-16,19H,7,10-12H2,1H3,(H,25,28). The van der Waals surface area contributed by atoms with Crippen molar-refractivity contribution in [1.29, 1.82) is 0 Å². The van der Waals surface area contributed by atoms with Crippen LogP contribution in [0.1, 0.15) is 25.5 Å². The molecule has 3 atom stereocenters. The fourth-order valence-corrected chi connectivity index (χ4v) is 5.78. The Labute approximate surface area is 183 Å². The first-order chi connectivity index (χ1) is 15.1. The van der Waals surface area contributed by atoms with E-state index in [0.717, 1.165) is 53.1 Å². The molecule has 1 saturated heterocycles. The van der Waals surface area contributed by atoms with Gasteiger partial charge in [-0.05, 0) is 55.2 Å². The van der Waals surface area contributed by atoms with Gasteiger partial charge in [0.25, 0.3) is 5.19 Å². The zero-order valence-electron chi connectivity index (χ0n) is 17.1. The van der Waals surface area contributed by atoms with Crippen molar-refractivity contribution < 1.29 is 13.9 Å². The highest BCUT2D eigenvalue weighted by molar-refractivity contribution is 7.20. The molecule has 31 heavy (non-hydrogen) atoms. The van der Waals surface area contributed by atoms with Crippen molar-refractivity contribution in [2.45, 2.75) is 38.4 Å². The molecule has 0 spiro atoms. The van der Waals surface area contributed by atoms with E-state index in [-0.39, 0.29) is 5.91 Å². The van der Waals surface area contributed by atoms with E-state index in [1.165, 1.54) is 11.3 Å². The Hall–Kier alpha value is -2.97. The third-order valence-corrected chi connectivity index (χ3v) is 7.18. The van der Waals surface area contributed by atoms with Crippen LogP contribution in [0.25, 0.3) is 21.3 Å². The third kappa shape index (κ3) is 3.55. The predicted molar refractivity (Wildman–Crippen MR) is 118 cm³/mol. The highest BCUT2D eigenvalue weighted by Crippen LogP contribution is 2.39. The number of piperidine rings is 1. The van der Waals surface area contributed by atoms with Crippen molar-refractivity contribution in [3.05, 3.63) is 48.4 Å². The van der Waals surface area contributed by atoms with Crippen LogP contribution in [0.3, 0.4) is 0 Å². The van der Waals surface area contributed by atoms with Crippen LogP contribution in [0, 0.1) is 5.92 Å². The molecule has 4 heterocycles. The van der Waals surface area contributed by atoms with Crippen LogP contribution in [-0.4, -0.2) is 39.4 Å². The van der Waals surface area contributed by atoms with Crippen LogP contribution in [0.5, 0.6) is 10.9 Å². The van der Waals surface area contributed by atoms with Gasteiger partial charge >= 0.3 is 0 Å². The summed E-state index contributed by atoms with van der Waals surface area (Å²) in [5, 5.41) is 4.71. The van der Waals surface area contributed by atoms with E-state index < -0.39 is 0 Å². The molecule has 3 aromatic heterocycles. The first-order valence-electron chi connectivity index (χ1n) is 10.5. The van der Waals surface area contributed by atoms with E-state index in [2.05, 4.69) is 26.3 Å². The molecule has 7 nitrogen and oxygen atoms in total. The molecule has 1 aliphatic carbocycles. The average Bonchev–Trinajstić information content (AvgIpc) is 3.49. The number of amides is 1. The van der Waals surface area contributed by atoms with E-state index in [4.69, 9.17) is 9.15 Å². The fourth-order valence-electron chi connectivity index (χ4n) is 4.99. The topological polar surface area (TPSA) is 80.5 Å². The summed E-state index contributed by atoms with van der Waals surface area (Å²) in [5.41, 5.74) is 1.56. The van der Waals surface area contributed by atoms with Crippen molar-refractivity contribution in [3.8, 4) is 10.9 Å². The van der Waals surface area contributed by atoms with Gasteiger partial charge in [0, 0.05) is 37.1 Å². The number of furan rings is 1. The van der Waals surface area contributed by atoms with Gasteiger partial charge in [-0.1, -0.05) is 11.3 Å². The summed E-state index contributed by atoms with van der Waals surface area (Å²) in [7, 11) is 0. The predicted octanol–water partition coefficient (Wildman–Crippen LogP) is 4.33. The number of likely N-dealkylation sites (tertiary alicyclic amines) is 1. The molecule has 1 N–H and O–H groups in total. The number of carbonyl (C=O) groups is 1. The number of hydrogen-bond acceptors (Lipinski definition) is 7. The summed E-state index contributed by atoms with van der Waals surface area (Å²) in [5.74, 6) is 2.31. The van der Waals surface area contributed by atoms with E-state index in [9.17, 15) is 4.79 Å². The molecule has 0 radical (unpaired) electrons. The maximum Gasteiger partial charge on any atom is 0.281 e. The Bertz CT molecular complexity index is 1250. The van der Waals surface area contributed by atoms with Gasteiger partial charge in [0.2, 0.25) is 5.91 Å². The van der Waals surface area contributed by atoms with E-state index in [1.807, 2.05) is 30.3 Å². The van der Waals surface area contributed by atoms with Gasteiger partial charge in [0.15, 0.2) is 5.65 Å². The van der Waals surface area contributed by atoms with Crippen molar-refractivity contribution in [2.75, 3.05) is 6.54 Å². The van der Waals surface area contributed by atoms with Crippen LogP contribution in [0.2, 0.25) is 0 Å². The molecule has 1 aliphatic heterocycles. The summed E-state index contributed by atoms with van der Waals surface area (Å²) >= 11 is 1.48. The highest BCUT2D eigenvalue weighted by Gasteiger charge is 2.44. The van der Waals surface area contributed by atoms with Crippen LogP contribution in [-0.2, 0) is 11.3 Å². The monoisotopic (exact) mass is 434 g/mol. The van der Waals surface area contributed by atoms with Crippen molar-refractivity contribution in [2.24, 2.45) is 5.92 Å². The van der Waals surface area contributed by atoms with Crippen LogP contribution < -0.4 is 10.1 Å². The Morgan fingerprint density at radius 2 is 2.26 bits per heavy atom. The second-order valence-electron chi connectivity index (χ2n) is 8.44. The molecule has 3 unspecified atom stereocenters. The van der Waals surface area contributed by atoms with E-state index in [0.29, 0.717) is 28.8 Å². The number of carbonyl (C=O) groups excluding carboxylic acids is 1. The maximum absolute atomic E-state index is 11.4. The van der Waals surface area contributed by atoms with Gasteiger partial charge in [-0.2, -0.15) is 4.98 Å². The Kier molecular flexibility index (Phi) is 4.43. The second kappa shape index (κ2) is 7.32. The SMILES string of the molecule is CC(=O)NC1CC2CC1CN2Cc1cc2cc(Oc3nc4ncccc4s3)ccc2o1. The Morgan fingerprint density at radius 3 is 3.06 bits per heavy atom. The Balaban J connectivity index is 1.16. The van der Waals surface area contributed by atoms with Crippen molar-refractivity contribution in [1.82, 2.24) is 20.2 Å². The van der Waals surface area contributed by atoms with Gasteiger partial charge in [-0.3, -0.25) is 9.69 Å². The molecular formula is C23H22N4O3S. The van der Waals surface area contributed by atoms with Crippen LogP contribution in [0.15, 0.2) is 47.0 Å². The van der Waals surface area contributed by atoms with Crippen LogP contribution in [0.4, 0.5) is 0 Å². The van der Waals surface area contributed by atoms with Gasteiger partial charge in [0.05, 0.1) is 11.2 Å². The molecule has 2 fully saturated rings. The molecule has 2 bridgehead atoms. The van der Waals surface area contributed by atoms with Gasteiger partial charge in [-0.15, -0.1) is 0 Å². The lowest BCUT2D eigenvalue weighted by molar-refractivity contribution is -0.120. The number of fused-ring (bicyclic) bond motifs is 4. The number of rotatable bonds is 5. The van der Waals surface area contributed by atoms with Gasteiger partial charge in [-0.25, -0.2) is 4.98 Å². The average molecular weight is 435 g/mol. The summed E-state index contributed by atoms with van der Waals surface area (Å²) in [4.78, 5) is 22.6. The lowest BCUT2D eigenvalue weighted by Crippen LogP contribution is -2.44. The molecule has 1 aromatic carbocycles. The number of nitrogens with zero attached hydrogens (tertiary/aromatic N) is 3. The van der Waals surface area contributed by atoms with Gasteiger partial charge in [0.1, 0.15) is 17.1 Å². The molecule has 6 rings (SSSR count). The number of nitrogens with one attached hydrogen (secondary N) is 1. The number of ether oxygens (including phenoxy) is 1. The lowest BCUT2D eigenvalue weighted by Gasteiger charge is -2.31. The quantitative estimate of drug-likeness (QED) is 0.504. The molecular weight excluding hydrogens is 412 g/mol. The van der Waals surface area contributed by atoms with E-state index >= 15 is 0 Å². The largest absolute Gasteiger partial charge is 0.460 e. The summed E-state index contributed by atoms with van der Waals surface area (Å²) in [6, 6.07) is 12.7. The number of hydrogen-bond donors (Lipinski definition) is 1. The van der Waals surface area contributed by atoms with E-state index in [1.54, 1.807) is 13.1 Å². The number of aromatic nitrogens is 2. The summed E-state index contributed by atoms with van der Waals surface area (Å²) in [6.45, 7) is 3.40. The van der Waals surface area contributed by atoms with Crippen molar-refractivity contribution >= 4 is 38.6 Å². The molecule has 158 valence electrons. The fraction of sp³-hybridized carbons (Fsp3) is 0.348.